The molecular formula is C16H17NO2. The van der Waals surface area contributed by atoms with Gasteiger partial charge in [-0.15, -0.1) is 0 Å². The van der Waals surface area contributed by atoms with Crippen LogP contribution in [-0.4, -0.2) is 13.7 Å². The van der Waals surface area contributed by atoms with Gasteiger partial charge in [0, 0.05) is 6.42 Å². The van der Waals surface area contributed by atoms with E-state index in [2.05, 4.69) is 6.07 Å². The summed E-state index contributed by atoms with van der Waals surface area (Å²) in [6.45, 7) is 0.774. The van der Waals surface area contributed by atoms with E-state index < -0.39 is 0 Å². The average Bonchev–Trinajstić information content (AvgIpc) is 2.94. The van der Waals surface area contributed by atoms with Crippen molar-refractivity contribution < 1.29 is 9.47 Å². The molecule has 1 atom stereocenters. The molecule has 0 fully saturated rings. The molecule has 0 amide bonds. The molecule has 0 radical (unpaired) electrons. The summed E-state index contributed by atoms with van der Waals surface area (Å²) in [5.74, 6) is 1.84. The molecule has 0 saturated heterocycles. The molecule has 0 unspecified atom stereocenters. The Bertz CT molecular complexity index is 578. The van der Waals surface area contributed by atoms with E-state index in [0.717, 1.165) is 35.7 Å². The number of hydrogen-bond donors (Lipinski definition) is 1. The molecule has 1 aliphatic rings. The van der Waals surface area contributed by atoms with E-state index in [1.165, 1.54) is 5.56 Å². The highest BCUT2D eigenvalue weighted by atomic mass is 16.5. The molecule has 0 spiro atoms. The largest absolute Gasteiger partial charge is 0.497 e. The molecule has 98 valence electrons. The SMILES string of the molecule is COc1ccc([C@H](N)c2ccc3c(c2)CCO3)cc1. The zero-order chi connectivity index (χ0) is 13.2. The predicted molar refractivity (Wildman–Crippen MR) is 74.7 cm³/mol. The summed E-state index contributed by atoms with van der Waals surface area (Å²) in [5, 5.41) is 0. The van der Waals surface area contributed by atoms with Gasteiger partial charge in [0.2, 0.25) is 0 Å². The molecule has 0 aromatic heterocycles. The van der Waals surface area contributed by atoms with Crippen LogP contribution in [0.3, 0.4) is 0 Å². The second-order valence-electron chi connectivity index (χ2n) is 4.72. The predicted octanol–water partition coefficient (Wildman–Crippen LogP) is 2.68. The van der Waals surface area contributed by atoms with Crippen molar-refractivity contribution in [1.82, 2.24) is 0 Å². The normalized spacial score (nSPS) is 14.6. The van der Waals surface area contributed by atoms with E-state index in [1.54, 1.807) is 7.11 Å². The van der Waals surface area contributed by atoms with Crippen LogP contribution in [0.5, 0.6) is 11.5 Å². The molecule has 3 rings (SSSR count). The number of nitrogens with two attached hydrogens (primary N) is 1. The highest BCUT2D eigenvalue weighted by molar-refractivity contribution is 5.43. The Hall–Kier alpha value is -2.00. The summed E-state index contributed by atoms with van der Waals surface area (Å²) in [6, 6.07) is 14.0. The van der Waals surface area contributed by atoms with Crippen LogP contribution in [0.25, 0.3) is 0 Å². The molecule has 0 aliphatic carbocycles. The first-order valence-electron chi connectivity index (χ1n) is 6.43. The zero-order valence-electron chi connectivity index (χ0n) is 10.9. The third-order valence-corrected chi connectivity index (χ3v) is 3.55. The summed E-state index contributed by atoms with van der Waals surface area (Å²) in [4.78, 5) is 0. The van der Waals surface area contributed by atoms with Crippen molar-refractivity contribution in [3.63, 3.8) is 0 Å². The van der Waals surface area contributed by atoms with Crippen LogP contribution in [0.15, 0.2) is 42.5 Å². The quantitative estimate of drug-likeness (QED) is 0.917. The second-order valence-corrected chi connectivity index (χ2v) is 4.72. The lowest BCUT2D eigenvalue weighted by Crippen LogP contribution is -2.11. The minimum Gasteiger partial charge on any atom is -0.497 e. The van der Waals surface area contributed by atoms with Crippen LogP contribution < -0.4 is 15.2 Å². The summed E-state index contributed by atoms with van der Waals surface area (Å²) in [5.41, 5.74) is 9.77. The van der Waals surface area contributed by atoms with Crippen molar-refractivity contribution in [1.29, 1.82) is 0 Å². The molecule has 3 nitrogen and oxygen atoms in total. The smallest absolute Gasteiger partial charge is 0.122 e. The molecule has 3 heteroatoms. The van der Waals surface area contributed by atoms with Crippen molar-refractivity contribution in [3.8, 4) is 11.5 Å². The number of fused-ring (bicyclic) bond motifs is 1. The van der Waals surface area contributed by atoms with Crippen LogP contribution in [0.2, 0.25) is 0 Å². The molecule has 2 aromatic rings. The monoisotopic (exact) mass is 255 g/mol. The molecule has 2 aromatic carbocycles. The van der Waals surface area contributed by atoms with Crippen molar-refractivity contribution in [2.45, 2.75) is 12.5 Å². The van der Waals surface area contributed by atoms with Crippen molar-refractivity contribution >= 4 is 0 Å². The molecule has 0 saturated carbocycles. The fourth-order valence-electron chi connectivity index (χ4n) is 2.40. The van der Waals surface area contributed by atoms with Crippen LogP contribution in [0, 0.1) is 0 Å². The number of methoxy groups -OCH3 is 1. The molecular weight excluding hydrogens is 238 g/mol. The summed E-state index contributed by atoms with van der Waals surface area (Å²) in [7, 11) is 1.66. The van der Waals surface area contributed by atoms with Gasteiger partial charge in [-0.1, -0.05) is 24.3 Å². The van der Waals surface area contributed by atoms with E-state index in [1.807, 2.05) is 36.4 Å². The molecule has 1 heterocycles. The van der Waals surface area contributed by atoms with E-state index in [4.69, 9.17) is 15.2 Å². The fourth-order valence-corrected chi connectivity index (χ4v) is 2.40. The Morgan fingerprint density at radius 1 is 1.11 bits per heavy atom. The van der Waals surface area contributed by atoms with Crippen molar-refractivity contribution in [2.24, 2.45) is 5.73 Å². The van der Waals surface area contributed by atoms with E-state index in [9.17, 15) is 0 Å². The van der Waals surface area contributed by atoms with Crippen LogP contribution >= 0.6 is 0 Å². The number of benzene rings is 2. The zero-order valence-corrected chi connectivity index (χ0v) is 10.9. The van der Waals surface area contributed by atoms with E-state index in [-0.39, 0.29) is 6.04 Å². The highest BCUT2D eigenvalue weighted by Crippen LogP contribution is 2.30. The van der Waals surface area contributed by atoms with Gasteiger partial charge in [0.05, 0.1) is 19.8 Å². The van der Waals surface area contributed by atoms with Gasteiger partial charge in [-0.25, -0.2) is 0 Å². The Morgan fingerprint density at radius 2 is 1.84 bits per heavy atom. The number of rotatable bonds is 3. The first-order valence-corrected chi connectivity index (χ1v) is 6.43. The maximum Gasteiger partial charge on any atom is 0.122 e. The fraction of sp³-hybridized carbons (Fsp3) is 0.250. The van der Waals surface area contributed by atoms with Gasteiger partial charge in [-0.05, 0) is 34.9 Å². The first kappa shape index (κ1) is 12.1. The van der Waals surface area contributed by atoms with Gasteiger partial charge in [0.25, 0.3) is 0 Å². The molecule has 2 N–H and O–H groups in total. The summed E-state index contributed by atoms with van der Waals surface area (Å²) < 4.78 is 10.7. The third-order valence-electron chi connectivity index (χ3n) is 3.55. The third kappa shape index (κ3) is 2.29. The van der Waals surface area contributed by atoms with Crippen LogP contribution in [-0.2, 0) is 6.42 Å². The van der Waals surface area contributed by atoms with Crippen LogP contribution in [0.1, 0.15) is 22.7 Å². The lowest BCUT2D eigenvalue weighted by Gasteiger charge is -2.14. The van der Waals surface area contributed by atoms with Gasteiger partial charge in [-0.2, -0.15) is 0 Å². The molecule has 1 aliphatic heterocycles. The minimum absolute atomic E-state index is 0.114. The summed E-state index contributed by atoms with van der Waals surface area (Å²) in [6.07, 6.45) is 0.971. The summed E-state index contributed by atoms with van der Waals surface area (Å²) >= 11 is 0. The Morgan fingerprint density at radius 3 is 2.58 bits per heavy atom. The van der Waals surface area contributed by atoms with E-state index in [0.29, 0.717) is 0 Å². The highest BCUT2D eigenvalue weighted by Gasteiger charge is 2.15. The van der Waals surface area contributed by atoms with Crippen molar-refractivity contribution in [3.05, 3.63) is 59.2 Å². The maximum atomic E-state index is 6.32. The minimum atomic E-state index is -0.114. The number of hydrogen-bond acceptors (Lipinski definition) is 3. The Kier molecular flexibility index (Phi) is 3.13. The molecule has 0 bridgehead atoms. The van der Waals surface area contributed by atoms with Crippen LogP contribution in [0.4, 0.5) is 0 Å². The average molecular weight is 255 g/mol. The van der Waals surface area contributed by atoms with Crippen molar-refractivity contribution in [2.75, 3.05) is 13.7 Å². The lowest BCUT2D eigenvalue weighted by molar-refractivity contribution is 0.357. The lowest BCUT2D eigenvalue weighted by atomic mass is 9.97. The Balaban J connectivity index is 1.88. The topological polar surface area (TPSA) is 44.5 Å². The first-order chi connectivity index (χ1) is 9.28. The Labute approximate surface area is 113 Å². The second kappa shape index (κ2) is 4.94. The van der Waals surface area contributed by atoms with Gasteiger partial charge in [0.15, 0.2) is 0 Å². The number of ether oxygens (including phenoxy) is 2. The maximum absolute atomic E-state index is 6.32. The van der Waals surface area contributed by atoms with Gasteiger partial charge in [0.1, 0.15) is 11.5 Å². The van der Waals surface area contributed by atoms with Gasteiger partial charge >= 0.3 is 0 Å². The van der Waals surface area contributed by atoms with E-state index >= 15 is 0 Å². The standard InChI is InChI=1S/C16H17NO2/c1-18-14-5-2-11(3-6-14)16(17)13-4-7-15-12(10-13)8-9-19-15/h2-7,10,16H,8-9,17H2,1H3/t16-/m0/s1. The van der Waals surface area contributed by atoms with Gasteiger partial charge in [-0.3, -0.25) is 0 Å². The van der Waals surface area contributed by atoms with Gasteiger partial charge < -0.3 is 15.2 Å². The molecule has 19 heavy (non-hydrogen) atoms.